The summed E-state index contributed by atoms with van der Waals surface area (Å²) in [5.41, 5.74) is -3.72. The molecule has 2 rings (SSSR count). The molecule has 6 heteroatoms. The third kappa shape index (κ3) is 4.62. The lowest BCUT2D eigenvalue weighted by molar-refractivity contribution is -0.0328. The number of rotatable bonds is 3. The topological polar surface area (TPSA) is 21.3 Å². The van der Waals surface area contributed by atoms with E-state index < -0.39 is 5.51 Å². The Bertz CT molecular complexity index is 425. The van der Waals surface area contributed by atoms with Gasteiger partial charge in [-0.15, -0.1) is 0 Å². The second kappa shape index (κ2) is 6.05. The van der Waals surface area contributed by atoms with Crippen molar-refractivity contribution in [3.63, 3.8) is 0 Å². The standard InChI is InChI=1S/C13H16F3NOS/c1-9-8-10(6-7-18-9)17-11-4-2-3-5-12(11)19-13(14,15)16/h2-5,9-10,17H,6-8H2,1H3. The van der Waals surface area contributed by atoms with Crippen LogP contribution in [-0.2, 0) is 4.74 Å². The van der Waals surface area contributed by atoms with Gasteiger partial charge in [-0.05, 0) is 43.7 Å². The highest BCUT2D eigenvalue weighted by atomic mass is 32.2. The van der Waals surface area contributed by atoms with Crippen molar-refractivity contribution in [3.8, 4) is 0 Å². The highest BCUT2D eigenvalue weighted by Crippen LogP contribution is 2.40. The zero-order chi connectivity index (χ0) is 13.9. The second-order valence-corrected chi connectivity index (χ2v) is 5.70. The molecule has 1 saturated heterocycles. The Kier molecular flexibility index (Phi) is 4.62. The van der Waals surface area contributed by atoms with Gasteiger partial charge in [0.05, 0.1) is 6.10 Å². The van der Waals surface area contributed by atoms with E-state index in [4.69, 9.17) is 4.74 Å². The number of halogens is 3. The number of benzene rings is 1. The van der Waals surface area contributed by atoms with Crippen LogP contribution in [0.25, 0.3) is 0 Å². The van der Waals surface area contributed by atoms with Crippen molar-refractivity contribution < 1.29 is 17.9 Å². The highest BCUT2D eigenvalue weighted by Gasteiger charge is 2.30. The molecule has 2 unspecified atom stereocenters. The summed E-state index contributed by atoms with van der Waals surface area (Å²) < 4.78 is 42.9. The zero-order valence-corrected chi connectivity index (χ0v) is 11.4. The van der Waals surface area contributed by atoms with Gasteiger partial charge in [-0.25, -0.2) is 0 Å². The monoisotopic (exact) mass is 291 g/mol. The van der Waals surface area contributed by atoms with Crippen LogP contribution in [0.15, 0.2) is 29.2 Å². The van der Waals surface area contributed by atoms with E-state index in [9.17, 15) is 13.2 Å². The van der Waals surface area contributed by atoms with Crippen molar-refractivity contribution in [3.05, 3.63) is 24.3 Å². The summed E-state index contributed by atoms with van der Waals surface area (Å²) in [6.45, 7) is 2.62. The fourth-order valence-electron chi connectivity index (χ4n) is 2.15. The minimum atomic E-state index is -4.26. The molecule has 1 aromatic carbocycles. The first-order valence-corrected chi connectivity index (χ1v) is 6.98. The van der Waals surface area contributed by atoms with Crippen LogP contribution in [0.2, 0.25) is 0 Å². The molecular weight excluding hydrogens is 275 g/mol. The SMILES string of the molecule is CC1CC(Nc2ccccc2SC(F)(F)F)CCO1. The van der Waals surface area contributed by atoms with Gasteiger partial charge in [0.1, 0.15) is 0 Å². The van der Waals surface area contributed by atoms with E-state index in [1.807, 2.05) is 6.92 Å². The fraction of sp³-hybridized carbons (Fsp3) is 0.538. The summed E-state index contributed by atoms with van der Waals surface area (Å²) in [6, 6.07) is 6.70. The lowest BCUT2D eigenvalue weighted by atomic mass is 10.0. The van der Waals surface area contributed by atoms with Gasteiger partial charge in [-0.2, -0.15) is 13.2 Å². The molecule has 1 aliphatic heterocycles. The van der Waals surface area contributed by atoms with Crippen LogP contribution in [0.3, 0.4) is 0 Å². The lowest BCUT2D eigenvalue weighted by Crippen LogP contribution is -2.32. The molecule has 0 aliphatic carbocycles. The Morgan fingerprint density at radius 2 is 2.05 bits per heavy atom. The molecule has 2 nitrogen and oxygen atoms in total. The summed E-state index contributed by atoms with van der Waals surface area (Å²) in [7, 11) is 0. The molecule has 1 fully saturated rings. The maximum Gasteiger partial charge on any atom is 0.446 e. The molecule has 0 saturated carbocycles. The minimum absolute atomic E-state index is 0.0770. The zero-order valence-electron chi connectivity index (χ0n) is 10.5. The highest BCUT2D eigenvalue weighted by molar-refractivity contribution is 8.00. The van der Waals surface area contributed by atoms with Crippen molar-refractivity contribution >= 4 is 17.4 Å². The molecule has 1 N–H and O–H groups in total. The number of nitrogens with one attached hydrogen (secondary N) is 1. The Morgan fingerprint density at radius 1 is 1.32 bits per heavy atom. The van der Waals surface area contributed by atoms with E-state index in [2.05, 4.69) is 5.32 Å². The molecule has 106 valence electrons. The number of hydrogen-bond acceptors (Lipinski definition) is 3. The van der Waals surface area contributed by atoms with E-state index in [-0.39, 0.29) is 28.8 Å². The smallest absolute Gasteiger partial charge is 0.381 e. The quantitative estimate of drug-likeness (QED) is 0.840. The van der Waals surface area contributed by atoms with Crippen LogP contribution >= 0.6 is 11.8 Å². The molecule has 19 heavy (non-hydrogen) atoms. The molecule has 1 aromatic rings. The van der Waals surface area contributed by atoms with Gasteiger partial charge in [-0.1, -0.05) is 12.1 Å². The van der Waals surface area contributed by atoms with Crippen molar-refractivity contribution in [1.29, 1.82) is 0 Å². The van der Waals surface area contributed by atoms with Crippen LogP contribution in [0.4, 0.5) is 18.9 Å². The van der Waals surface area contributed by atoms with Gasteiger partial charge in [-0.3, -0.25) is 0 Å². The first-order valence-electron chi connectivity index (χ1n) is 6.17. The first kappa shape index (κ1) is 14.5. The van der Waals surface area contributed by atoms with Crippen LogP contribution in [0.5, 0.6) is 0 Å². The Balaban J connectivity index is 2.07. The molecule has 1 heterocycles. The van der Waals surface area contributed by atoms with Crippen molar-refractivity contribution in [2.24, 2.45) is 0 Å². The van der Waals surface area contributed by atoms with Crippen molar-refractivity contribution in [2.75, 3.05) is 11.9 Å². The normalized spacial score (nSPS) is 24.2. The Labute approximate surface area is 114 Å². The maximum atomic E-state index is 12.5. The number of alkyl halides is 3. The van der Waals surface area contributed by atoms with Gasteiger partial charge in [0.2, 0.25) is 0 Å². The number of anilines is 1. The van der Waals surface area contributed by atoms with E-state index in [1.54, 1.807) is 18.2 Å². The fourth-order valence-corrected chi connectivity index (χ4v) is 2.78. The van der Waals surface area contributed by atoms with E-state index >= 15 is 0 Å². The Morgan fingerprint density at radius 3 is 2.74 bits per heavy atom. The molecule has 0 bridgehead atoms. The Hall–Kier alpha value is -0.880. The lowest BCUT2D eigenvalue weighted by Gasteiger charge is -2.29. The number of ether oxygens (including phenoxy) is 1. The van der Waals surface area contributed by atoms with Crippen LogP contribution in [0.1, 0.15) is 19.8 Å². The van der Waals surface area contributed by atoms with Gasteiger partial charge < -0.3 is 10.1 Å². The third-order valence-electron chi connectivity index (χ3n) is 2.96. The summed E-state index contributed by atoms with van der Waals surface area (Å²) in [6.07, 6.45) is 1.77. The number of hydrogen-bond donors (Lipinski definition) is 1. The maximum absolute atomic E-state index is 12.5. The largest absolute Gasteiger partial charge is 0.446 e. The third-order valence-corrected chi connectivity index (χ3v) is 3.76. The van der Waals surface area contributed by atoms with E-state index in [0.29, 0.717) is 12.3 Å². The van der Waals surface area contributed by atoms with Crippen LogP contribution < -0.4 is 5.32 Å². The number of para-hydroxylation sites is 1. The van der Waals surface area contributed by atoms with Crippen LogP contribution in [-0.4, -0.2) is 24.3 Å². The molecule has 0 radical (unpaired) electrons. The predicted molar refractivity (Wildman–Crippen MR) is 70.4 cm³/mol. The van der Waals surface area contributed by atoms with Gasteiger partial charge >= 0.3 is 5.51 Å². The average molecular weight is 291 g/mol. The summed E-state index contributed by atoms with van der Waals surface area (Å²) in [4.78, 5) is 0.217. The molecule has 0 spiro atoms. The molecule has 0 aromatic heterocycles. The summed E-state index contributed by atoms with van der Waals surface area (Å²) in [5.74, 6) is 0. The molecule has 1 aliphatic rings. The van der Waals surface area contributed by atoms with Crippen LogP contribution in [0, 0.1) is 0 Å². The summed E-state index contributed by atoms with van der Waals surface area (Å²) in [5, 5.41) is 3.20. The number of thioether (sulfide) groups is 1. The average Bonchev–Trinajstić information content (AvgIpc) is 2.30. The minimum Gasteiger partial charge on any atom is -0.381 e. The molecule has 0 amide bonds. The summed E-state index contributed by atoms with van der Waals surface area (Å²) >= 11 is -0.0770. The van der Waals surface area contributed by atoms with E-state index in [1.165, 1.54) is 6.07 Å². The van der Waals surface area contributed by atoms with Gasteiger partial charge in [0.25, 0.3) is 0 Å². The van der Waals surface area contributed by atoms with E-state index in [0.717, 1.165) is 12.8 Å². The van der Waals surface area contributed by atoms with Gasteiger partial charge in [0.15, 0.2) is 0 Å². The van der Waals surface area contributed by atoms with Gasteiger partial charge in [0, 0.05) is 23.2 Å². The van der Waals surface area contributed by atoms with Crippen molar-refractivity contribution in [1.82, 2.24) is 0 Å². The first-order chi connectivity index (χ1) is 8.94. The van der Waals surface area contributed by atoms with Crippen molar-refractivity contribution in [2.45, 2.75) is 42.3 Å². The molecule has 2 atom stereocenters. The predicted octanol–water partition coefficient (Wildman–Crippen LogP) is 4.28. The molecular formula is C13H16F3NOS. The second-order valence-electron chi connectivity index (χ2n) is 4.59.